The molecule has 0 aliphatic carbocycles. The largest absolute Gasteiger partial charge is 0.379 e. The smallest absolute Gasteiger partial charge is 0.151 e. The second-order valence-corrected chi connectivity index (χ2v) is 4.30. The van der Waals surface area contributed by atoms with Crippen LogP contribution < -0.4 is 5.73 Å². The van der Waals surface area contributed by atoms with E-state index in [1.807, 2.05) is 35.0 Å². The Morgan fingerprint density at radius 1 is 1.56 bits per heavy atom. The van der Waals surface area contributed by atoms with Crippen LogP contribution in [0.3, 0.4) is 0 Å². The summed E-state index contributed by atoms with van der Waals surface area (Å²) in [7, 11) is 0. The normalized spacial score (nSPS) is 10.2. The number of amidine groups is 1. The number of fused-ring (bicyclic) bond motifs is 1. The maximum absolute atomic E-state index is 9.11. The van der Waals surface area contributed by atoms with Gasteiger partial charge in [-0.2, -0.15) is 5.26 Å². The molecule has 0 unspecified atom stereocenters. The first-order valence-electron chi connectivity index (χ1n) is 4.68. The Bertz CT molecular complexity index is 579. The lowest BCUT2D eigenvalue weighted by molar-refractivity contribution is 1.18. The van der Waals surface area contributed by atoms with Crippen LogP contribution in [0.2, 0.25) is 0 Å². The Balaban J connectivity index is 2.45. The summed E-state index contributed by atoms with van der Waals surface area (Å²) in [5.41, 5.74) is 7.75. The minimum Gasteiger partial charge on any atom is -0.379 e. The third kappa shape index (κ3) is 1.88. The molecule has 16 heavy (non-hydrogen) atoms. The molecular weight excluding hydrogens is 220 g/mol. The van der Waals surface area contributed by atoms with Crippen LogP contribution in [-0.4, -0.2) is 9.57 Å². The number of nitrogens with one attached hydrogen (secondary N) is 1. The Morgan fingerprint density at radius 3 is 3.06 bits per heavy atom. The number of rotatable bonds is 2. The first-order valence-corrected chi connectivity index (χ1v) is 5.66. The van der Waals surface area contributed by atoms with Gasteiger partial charge >= 0.3 is 0 Å². The highest BCUT2D eigenvalue weighted by atomic mass is 32.2. The number of hydrogen-bond acceptors (Lipinski definition) is 3. The van der Waals surface area contributed by atoms with Gasteiger partial charge in [-0.3, -0.25) is 5.41 Å². The molecule has 5 heteroatoms. The van der Waals surface area contributed by atoms with E-state index >= 15 is 0 Å². The quantitative estimate of drug-likeness (QED) is 0.611. The minimum absolute atomic E-state index is 0.0687. The van der Waals surface area contributed by atoms with Crippen LogP contribution in [0, 0.1) is 16.7 Å². The molecule has 2 aromatic rings. The summed E-state index contributed by atoms with van der Waals surface area (Å²) in [6, 6.07) is 7.91. The number of nitrogens with two attached hydrogens (primary N) is 1. The van der Waals surface area contributed by atoms with Crippen molar-refractivity contribution in [2.24, 2.45) is 5.73 Å². The van der Waals surface area contributed by atoms with Crippen molar-refractivity contribution in [1.29, 1.82) is 10.7 Å². The number of thioether (sulfide) groups is 1. The van der Waals surface area contributed by atoms with Crippen molar-refractivity contribution in [3.05, 3.63) is 41.7 Å². The van der Waals surface area contributed by atoms with Crippen LogP contribution >= 0.6 is 11.8 Å². The zero-order chi connectivity index (χ0) is 11.5. The topological polar surface area (TPSA) is 78.1 Å². The SMILES string of the molecule is N#Cc1c(CSC(=N)N)cn2ccccc12. The summed E-state index contributed by atoms with van der Waals surface area (Å²) in [5.74, 6) is 0.555. The number of nitriles is 1. The van der Waals surface area contributed by atoms with Crippen molar-refractivity contribution in [1.82, 2.24) is 4.40 Å². The predicted octanol–water partition coefficient (Wildman–Crippen LogP) is 1.94. The molecule has 0 aliphatic rings. The van der Waals surface area contributed by atoms with E-state index < -0.39 is 0 Å². The van der Waals surface area contributed by atoms with Gasteiger partial charge in [0, 0.05) is 18.1 Å². The summed E-state index contributed by atoms with van der Waals surface area (Å²) in [6.45, 7) is 0. The van der Waals surface area contributed by atoms with Gasteiger partial charge in [0.1, 0.15) is 6.07 Å². The van der Waals surface area contributed by atoms with Crippen molar-refractivity contribution < 1.29 is 0 Å². The fraction of sp³-hybridized carbons (Fsp3) is 0.0909. The highest BCUT2D eigenvalue weighted by Gasteiger charge is 2.09. The van der Waals surface area contributed by atoms with Gasteiger partial charge in [0.2, 0.25) is 0 Å². The van der Waals surface area contributed by atoms with Gasteiger partial charge in [-0.15, -0.1) is 0 Å². The van der Waals surface area contributed by atoms with Gasteiger partial charge in [0.05, 0.1) is 11.1 Å². The molecule has 80 valence electrons. The van der Waals surface area contributed by atoms with Gasteiger partial charge in [-0.25, -0.2) is 0 Å². The zero-order valence-electron chi connectivity index (χ0n) is 8.47. The number of hydrogen-bond donors (Lipinski definition) is 2. The number of nitrogens with zero attached hydrogens (tertiary/aromatic N) is 2. The van der Waals surface area contributed by atoms with Crippen LogP contribution in [0.1, 0.15) is 11.1 Å². The number of pyridine rings is 1. The first kappa shape index (κ1) is 10.6. The van der Waals surface area contributed by atoms with Crippen LogP contribution in [0.15, 0.2) is 30.6 Å². The maximum Gasteiger partial charge on any atom is 0.151 e. The second-order valence-electron chi connectivity index (χ2n) is 3.29. The molecule has 2 heterocycles. The summed E-state index contributed by atoms with van der Waals surface area (Å²) in [6.07, 6.45) is 3.81. The Hall–Kier alpha value is -1.93. The molecule has 2 aromatic heterocycles. The van der Waals surface area contributed by atoms with E-state index in [4.69, 9.17) is 16.4 Å². The van der Waals surface area contributed by atoms with Crippen molar-refractivity contribution in [2.45, 2.75) is 5.75 Å². The van der Waals surface area contributed by atoms with Crippen molar-refractivity contribution in [3.8, 4) is 6.07 Å². The molecule has 4 nitrogen and oxygen atoms in total. The van der Waals surface area contributed by atoms with E-state index in [0.29, 0.717) is 11.3 Å². The van der Waals surface area contributed by atoms with E-state index in [0.717, 1.165) is 11.1 Å². The number of aromatic nitrogens is 1. The fourth-order valence-electron chi connectivity index (χ4n) is 1.57. The summed E-state index contributed by atoms with van der Waals surface area (Å²) < 4.78 is 1.91. The predicted molar refractivity (Wildman–Crippen MR) is 65.3 cm³/mol. The third-order valence-corrected chi connectivity index (χ3v) is 3.02. The molecule has 0 radical (unpaired) electrons. The molecule has 2 rings (SSSR count). The van der Waals surface area contributed by atoms with E-state index in [1.54, 1.807) is 0 Å². The minimum atomic E-state index is 0.0687. The first-order chi connectivity index (χ1) is 7.72. The van der Waals surface area contributed by atoms with Gasteiger partial charge < -0.3 is 10.1 Å². The molecule has 0 aromatic carbocycles. The Morgan fingerprint density at radius 2 is 2.38 bits per heavy atom. The van der Waals surface area contributed by atoms with Gasteiger partial charge in [-0.05, 0) is 17.7 Å². The fourth-order valence-corrected chi connectivity index (χ4v) is 2.10. The Kier molecular flexibility index (Phi) is 2.84. The molecule has 0 fully saturated rings. The summed E-state index contributed by atoms with van der Waals surface area (Å²) in [5, 5.41) is 16.3. The molecule has 0 aliphatic heterocycles. The molecule has 0 bridgehead atoms. The lowest BCUT2D eigenvalue weighted by Crippen LogP contribution is -2.03. The molecule has 3 N–H and O–H groups in total. The lowest BCUT2D eigenvalue weighted by atomic mass is 10.2. The molecular formula is C11H10N4S. The van der Waals surface area contributed by atoms with E-state index in [9.17, 15) is 0 Å². The van der Waals surface area contributed by atoms with Crippen molar-refractivity contribution in [2.75, 3.05) is 0 Å². The molecule has 0 saturated carbocycles. The van der Waals surface area contributed by atoms with Crippen LogP contribution in [0.5, 0.6) is 0 Å². The zero-order valence-corrected chi connectivity index (χ0v) is 9.29. The molecule has 0 spiro atoms. The van der Waals surface area contributed by atoms with E-state index in [1.165, 1.54) is 11.8 Å². The standard InChI is InChI=1S/C11H10N4S/c12-5-9-8(7-16-11(13)14)6-15-4-2-1-3-10(9)15/h1-4,6H,7H2,(H3,13,14). The van der Waals surface area contributed by atoms with Crippen LogP contribution in [0.25, 0.3) is 5.52 Å². The molecule has 0 amide bonds. The summed E-state index contributed by atoms with van der Waals surface area (Å²) in [4.78, 5) is 0. The molecule has 0 saturated heterocycles. The van der Waals surface area contributed by atoms with Gasteiger partial charge in [-0.1, -0.05) is 17.8 Å². The molecule has 0 atom stereocenters. The maximum atomic E-state index is 9.11. The lowest BCUT2D eigenvalue weighted by Gasteiger charge is -1.95. The third-order valence-electron chi connectivity index (χ3n) is 2.26. The van der Waals surface area contributed by atoms with Crippen molar-refractivity contribution in [3.63, 3.8) is 0 Å². The van der Waals surface area contributed by atoms with E-state index in [2.05, 4.69) is 6.07 Å². The van der Waals surface area contributed by atoms with Crippen molar-refractivity contribution >= 4 is 22.4 Å². The van der Waals surface area contributed by atoms with Crippen LogP contribution in [0.4, 0.5) is 0 Å². The Labute approximate surface area is 97.2 Å². The monoisotopic (exact) mass is 230 g/mol. The van der Waals surface area contributed by atoms with Crippen LogP contribution in [-0.2, 0) is 5.75 Å². The average Bonchev–Trinajstić information content (AvgIpc) is 2.63. The summed E-state index contributed by atoms with van der Waals surface area (Å²) >= 11 is 1.23. The highest BCUT2D eigenvalue weighted by molar-refractivity contribution is 8.13. The van der Waals surface area contributed by atoms with Gasteiger partial charge in [0.15, 0.2) is 5.17 Å². The van der Waals surface area contributed by atoms with Gasteiger partial charge in [0.25, 0.3) is 0 Å². The second kappa shape index (κ2) is 4.29. The highest BCUT2D eigenvalue weighted by Crippen LogP contribution is 2.21. The average molecular weight is 230 g/mol. The van der Waals surface area contributed by atoms with E-state index in [-0.39, 0.29) is 5.17 Å².